The third-order valence-electron chi connectivity index (χ3n) is 5.21. The molecule has 1 aromatic heterocycles. The quantitative estimate of drug-likeness (QED) is 0.315. The largest absolute Gasteiger partial charge is 0.416 e. The number of pyridine rings is 1. The molecule has 1 heterocycles. The second-order valence-electron chi connectivity index (χ2n) is 7.41. The molecule has 33 heavy (non-hydrogen) atoms. The van der Waals surface area contributed by atoms with Crippen LogP contribution in [0.4, 0.5) is 18.9 Å². The Bertz CT molecular complexity index is 1350. The second-order valence-corrected chi connectivity index (χ2v) is 8.26. The van der Waals surface area contributed by atoms with Gasteiger partial charge in [0.25, 0.3) is 5.91 Å². The standard InChI is InChI=1S/C25H17Cl2F3N2O/c1-2-14-3-10-21-18(11-14)19(13-22(31-21)15-4-7-17(26)8-5-15)24(33)32-23-12-16(25(28,29)30)6-9-20(23)27/h3-13H,2H2,1H3,(H,32,33). The van der Waals surface area contributed by atoms with Gasteiger partial charge in [0.1, 0.15) is 0 Å². The van der Waals surface area contributed by atoms with Gasteiger partial charge in [0.05, 0.1) is 33.0 Å². The summed E-state index contributed by atoms with van der Waals surface area (Å²) < 4.78 is 39.4. The number of nitrogens with one attached hydrogen (secondary N) is 1. The molecule has 1 amide bonds. The second kappa shape index (κ2) is 9.04. The van der Waals surface area contributed by atoms with Crippen molar-refractivity contribution in [2.45, 2.75) is 19.5 Å². The van der Waals surface area contributed by atoms with Crippen LogP contribution in [0.5, 0.6) is 0 Å². The van der Waals surface area contributed by atoms with Gasteiger partial charge in [-0.1, -0.05) is 48.3 Å². The van der Waals surface area contributed by atoms with E-state index in [4.69, 9.17) is 23.2 Å². The van der Waals surface area contributed by atoms with Crippen LogP contribution in [0.25, 0.3) is 22.2 Å². The Morgan fingerprint density at radius 3 is 2.36 bits per heavy atom. The first-order chi connectivity index (χ1) is 15.7. The predicted molar refractivity (Wildman–Crippen MR) is 126 cm³/mol. The maximum atomic E-state index is 13.3. The van der Waals surface area contributed by atoms with E-state index in [2.05, 4.69) is 10.3 Å². The van der Waals surface area contributed by atoms with Crippen LogP contribution in [0.15, 0.2) is 66.7 Å². The van der Waals surface area contributed by atoms with Gasteiger partial charge in [-0.2, -0.15) is 13.2 Å². The van der Waals surface area contributed by atoms with Gasteiger partial charge in [-0.15, -0.1) is 0 Å². The van der Waals surface area contributed by atoms with E-state index in [0.717, 1.165) is 35.7 Å². The van der Waals surface area contributed by atoms with Gasteiger partial charge in [0.2, 0.25) is 0 Å². The number of aryl methyl sites for hydroxylation is 1. The summed E-state index contributed by atoms with van der Waals surface area (Å²) in [6.07, 6.45) is -3.82. The monoisotopic (exact) mass is 488 g/mol. The topological polar surface area (TPSA) is 42.0 Å². The van der Waals surface area contributed by atoms with Crippen molar-refractivity contribution in [1.29, 1.82) is 0 Å². The van der Waals surface area contributed by atoms with E-state index in [1.807, 2.05) is 25.1 Å². The number of anilines is 1. The molecule has 0 bridgehead atoms. The lowest BCUT2D eigenvalue weighted by molar-refractivity contribution is -0.137. The molecule has 0 aliphatic carbocycles. The van der Waals surface area contributed by atoms with Crippen LogP contribution < -0.4 is 5.32 Å². The molecule has 3 aromatic carbocycles. The number of fused-ring (bicyclic) bond motifs is 1. The number of benzene rings is 3. The first kappa shape index (κ1) is 23.1. The third-order valence-corrected chi connectivity index (χ3v) is 5.79. The summed E-state index contributed by atoms with van der Waals surface area (Å²) in [6.45, 7) is 1.98. The average Bonchev–Trinajstić information content (AvgIpc) is 2.79. The van der Waals surface area contributed by atoms with Crippen molar-refractivity contribution in [2.24, 2.45) is 0 Å². The van der Waals surface area contributed by atoms with Crippen LogP contribution in [0.1, 0.15) is 28.4 Å². The molecule has 3 nitrogen and oxygen atoms in total. The van der Waals surface area contributed by atoms with Crippen molar-refractivity contribution in [1.82, 2.24) is 4.98 Å². The van der Waals surface area contributed by atoms with Crippen molar-refractivity contribution >= 4 is 45.7 Å². The minimum absolute atomic E-state index is 0.00174. The van der Waals surface area contributed by atoms with Gasteiger partial charge < -0.3 is 5.32 Å². The molecule has 0 aliphatic rings. The number of alkyl halides is 3. The van der Waals surface area contributed by atoms with Crippen LogP contribution in [-0.4, -0.2) is 10.9 Å². The van der Waals surface area contributed by atoms with Crippen molar-refractivity contribution in [2.75, 3.05) is 5.32 Å². The molecular formula is C25H17Cl2F3N2O. The number of rotatable bonds is 4. The van der Waals surface area contributed by atoms with Crippen LogP contribution in [-0.2, 0) is 12.6 Å². The van der Waals surface area contributed by atoms with E-state index in [0.29, 0.717) is 21.6 Å². The first-order valence-corrected chi connectivity index (χ1v) is 10.8. The molecule has 168 valence electrons. The first-order valence-electron chi connectivity index (χ1n) is 10.0. The number of hydrogen-bond donors (Lipinski definition) is 1. The zero-order chi connectivity index (χ0) is 23.8. The summed E-state index contributed by atoms with van der Waals surface area (Å²) in [5.41, 5.74) is 2.09. The highest BCUT2D eigenvalue weighted by atomic mass is 35.5. The number of amides is 1. The maximum Gasteiger partial charge on any atom is 0.416 e. The number of hydrogen-bond acceptors (Lipinski definition) is 2. The Morgan fingerprint density at radius 2 is 1.70 bits per heavy atom. The summed E-state index contributed by atoms with van der Waals surface area (Å²) in [5.74, 6) is -0.591. The van der Waals surface area contributed by atoms with Crippen LogP contribution in [0.2, 0.25) is 10.0 Å². The highest BCUT2D eigenvalue weighted by Crippen LogP contribution is 2.34. The van der Waals surface area contributed by atoms with E-state index >= 15 is 0 Å². The Morgan fingerprint density at radius 1 is 0.970 bits per heavy atom. The number of nitrogens with zero attached hydrogens (tertiary/aromatic N) is 1. The Balaban J connectivity index is 1.83. The molecule has 0 unspecified atom stereocenters. The number of aromatic nitrogens is 1. The van der Waals surface area contributed by atoms with Gasteiger partial charge in [0.15, 0.2) is 0 Å². The summed E-state index contributed by atoms with van der Waals surface area (Å²) >= 11 is 12.1. The van der Waals surface area contributed by atoms with Crippen molar-refractivity contribution in [3.05, 3.63) is 93.5 Å². The molecule has 0 radical (unpaired) electrons. The summed E-state index contributed by atoms with van der Waals surface area (Å²) in [4.78, 5) is 17.9. The van der Waals surface area contributed by atoms with Gasteiger partial charge >= 0.3 is 6.18 Å². The summed E-state index contributed by atoms with van der Waals surface area (Å²) in [7, 11) is 0. The zero-order valence-corrected chi connectivity index (χ0v) is 18.8. The molecule has 0 saturated heterocycles. The van der Waals surface area contributed by atoms with Crippen molar-refractivity contribution in [3.8, 4) is 11.3 Å². The summed E-state index contributed by atoms with van der Waals surface area (Å²) in [6, 6.07) is 17.0. The Labute approximate surface area is 198 Å². The fourth-order valence-electron chi connectivity index (χ4n) is 3.44. The van der Waals surface area contributed by atoms with E-state index in [-0.39, 0.29) is 16.3 Å². The smallest absolute Gasteiger partial charge is 0.321 e. The van der Waals surface area contributed by atoms with Gasteiger partial charge in [-0.25, -0.2) is 4.98 Å². The molecule has 0 fully saturated rings. The Hall–Kier alpha value is -3.09. The van der Waals surface area contributed by atoms with Crippen LogP contribution in [0, 0.1) is 0 Å². The fraction of sp³-hybridized carbons (Fsp3) is 0.120. The molecule has 4 rings (SSSR count). The van der Waals surface area contributed by atoms with E-state index < -0.39 is 17.6 Å². The molecule has 1 N–H and O–H groups in total. The minimum Gasteiger partial charge on any atom is -0.321 e. The van der Waals surface area contributed by atoms with E-state index in [1.165, 1.54) is 0 Å². The number of halogens is 5. The lowest BCUT2D eigenvalue weighted by Crippen LogP contribution is -2.15. The molecule has 0 spiro atoms. The van der Waals surface area contributed by atoms with E-state index in [9.17, 15) is 18.0 Å². The SMILES string of the molecule is CCc1ccc2nc(-c3ccc(Cl)cc3)cc(C(=O)Nc3cc(C(F)(F)F)ccc3Cl)c2c1. The zero-order valence-electron chi connectivity index (χ0n) is 17.3. The molecule has 4 aromatic rings. The number of carbonyl (C=O) groups is 1. The fourth-order valence-corrected chi connectivity index (χ4v) is 3.73. The maximum absolute atomic E-state index is 13.3. The number of carbonyl (C=O) groups excluding carboxylic acids is 1. The molecule has 8 heteroatoms. The van der Waals surface area contributed by atoms with Crippen LogP contribution in [0.3, 0.4) is 0 Å². The lowest BCUT2D eigenvalue weighted by Gasteiger charge is -2.14. The molecule has 0 saturated carbocycles. The Kier molecular flexibility index (Phi) is 6.32. The lowest BCUT2D eigenvalue weighted by atomic mass is 10.0. The van der Waals surface area contributed by atoms with Crippen molar-refractivity contribution in [3.63, 3.8) is 0 Å². The normalized spacial score (nSPS) is 11.6. The highest BCUT2D eigenvalue weighted by molar-refractivity contribution is 6.34. The molecule has 0 atom stereocenters. The van der Waals surface area contributed by atoms with Gasteiger partial charge in [0, 0.05) is 16.0 Å². The minimum atomic E-state index is -4.56. The molecule has 0 aliphatic heterocycles. The molecular weight excluding hydrogens is 472 g/mol. The van der Waals surface area contributed by atoms with Gasteiger partial charge in [-0.3, -0.25) is 4.79 Å². The van der Waals surface area contributed by atoms with Crippen molar-refractivity contribution < 1.29 is 18.0 Å². The summed E-state index contributed by atoms with van der Waals surface area (Å²) in [5, 5.41) is 3.69. The van der Waals surface area contributed by atoms with E-state index in [1.54, 1.807) is 30.3 Å². The third kappa shape index (κ3) is 4.97. The van der Waals surface area contributed by atoms with Gasteiger partial charge in [-0.05, 0) is 60.5 Å². The van der Waals surface area contributed by atoms with Crippen LogP contribution >= 0.6 is 23.2 Å². The predicted octanol–water partition coefficient (Wildman–Crippen LogP) is 8.04. The average molecular weight is 489 g/mol. The highest BCUT2D eigenvalue weighted by Gasteiger charge is 2.31.